The van der Waals surface area contributed by atoms with Crippen molar-refractivity contribution in [1.82, 2.24) is 9.96 Å². The van der Waals surface area contributed by atoms with Gasteiger partial charge in [-0.2, -0.15) is 8.42 Å². The Kier molecular flexibility index (Phi) is 8.29. The Morgan fingerprint density at radius 3 is 2.22 bits per heavy atom. The van der Waals surface area contributed by atoms with Gasteiger partial charge in [0.05, 0.1) is 6.42 Å². The second-order valence-electron chi connectivity index (χ2n) is 5.67. The van der Waals surface area contributed by atoms with E-state index in [1.165, 1.54) is 12.2 Å². The van der Waals surface area contributed by atoms with Gasteiger partial charge in [-0.05, 0) is 12.8 Å². The predicted molar refractivity (Wildman–Crippen MR) is 89.4 cm³/mol. The summed E-state index contributed by atoms with van der Waals surface area (Å²) in [4.78, 5) is 63.2. The fourth-order valence-electron chi connectivity index (χ4n) is 2.43. The second kappa shape index (κ2) is 9.55. The molecule has 0 aliphatic carbocycles. The van der Waals surface area contributed by atoms with Crippen molar-refractivity contribution in [3.8, 4) is 0 Å². The Bertz CT molecular complexity index is 774. The van der Waals surface area contributed by atoms with Gasteiger partial charge >= 0.3 is 35.5 Å². The van der Waals surface area contributed by atoms with E-state index in [-0.39, 0.29) is 47.6 Å². The van der Waals surface area contributed by atoms with Crippen LogP contribution < -0.4 is 0 Å². The van der Waals surface area contributed by atoms with Gasteiger partial charge in [0.15, 0.2) is 5.25 Å². The van der Waals surface area contributed by atoms with Gasteiger partial charge in [-0.15, -0.1) is 5.06 Å². The molecule has 13 heteroatoms. The molecule has 0 aromatic carbocycles. The summed E-state index contributed by atoms with van der Waals surface area (Å²) in [6.07, 6.45) is 2.62. The average Bonchev–Trinajstić information content (AvgIpc) is 3.01. The van der Waals surface area contributed by atoms with E-state index >= 15 is 0 Å². The first kappa shape index (κ1) is 23.4. The van der Waals surface area contributed by atoms with Gasteiger partial charge in [-0.25, -0.2) is 4.79 Å². The van der Waals surface area contributed by atoms with Gasteiger partial charge < -0.3 is 4.84 Å². The van der Waals surface area contributed by atoms with E-state index in [4.69, 9.17) is 4.55 Å². The minimum atomic E-state index is -4.76. The molecule has 144 valence electrons. The first-order chi connectivity index (χ1) is 12.1. The number of carbonyl (C=O) groups is 5. The molecule has 27 heavy (non-hydrogen) atoms. The third-order valence-corrected chi connectivity index (χ3v) is 4.87. The maximum absolute atomic E-state index is 11.7. The Balaban J connectivity index is 0.00000364. The zero-order chi connectivity index (χ0) is 19.5. The van der Waals surface area contributed by atoms with Crippen LogP contribution in [0.25, 0.3) is 0 Å². The molecule has 1 unspecified atom stereocenters. The fourth-order valence-corrected chi connectivity index (χ4v) is 3.13. The zero-order valence-electron chi connectivity index (χ0n) is 13.5. The quantitative estimate of drug-likeness (QED) is 0.212. The fraction of sp³-hybridized carbons (Fsp3) is 0.500. The first-order valence-electron chi connectivity index (χ1n) is 7.68. The molecule has 0 spiro atoms. The molecule has 1 atom stereocenters. The normalized spacial score (nSPS) is 19.7. The van der Waals surface area contributed by atoms with Crippen LogP contribution in [0.15, 0.2) is 12.2 Å². The topological polar surface area (TPSA) is 155 Å². The summed E-state index contributed by atoms with van der Waals surface area (Å²) in [7, 11) is -4.76. The molecule has 0 bridgehead atoms. The number of amides is 4. The Hall–Kier alpha value is -1.60. The Morgan fingerprint density at radius 1 is 1.11 bits per heavy atom. The molecule has 0 aromatic rings. The van der Waals surface area contributed by atoms with Gasteiger partial charge in [0.25, 0.3) is 33.7 Å². The molecule has 2 aliphatic rings. The van der Waals surface area contributed by atoms with Crippen molar-refractivity contribution in [2.45, 2.75) is 37.4 Å². The minimum absolute atomic E-state index is 0. The van der Waals surface area contributed by atoms with Gasteiger partial charge in [0.2, 0.25) is 0 Å². The SMILES string of the molecule is O=C(CCCCCN1C(=O)C=CC1=O)ON1C(=O)CC(S(=O)(=O)O)C1=O.[NaH]. The molecule has 1 saturated heterocycles. The van der Waals surface area contributed by atoms with Crippen LogP contribution in [0.2, 0.25) is 0 Å². The molecule has 1 fully saturated rings. The van der Waals surface area contributed by atoms with Crippen LogP contribution in [0.5, 0.6) is 0 Å². The van der Waals surface area contributed by atoms with Gasteiger partial charge in [0.1, 0.15) is 0 Å². The number of rotatable bonds is 8. The third kappa shape index (κ3) is 5.94. The van der Waals surface area contributed by atoms with E-state index in [1.54, 1.807) is 0 Å². The van der Waals surface area contributed by atoms with Crippen LogP contribution in [0.3, 0.4) is 0 Å². The summed E-state index contributed by atoms with van der Waals surface area (Å²) >= 11 is 0. The van der Waals surface area contributed by atoms with Crippen LogP contribution >= 0.6 is 0 Å². The molecule has 0 saturated carbocycles. The van der Waals surface area contributed by atoms with Crippen molar-refractivity contribution in [1.29, 1.82) is 0 Å². The first-order valence-corrected chi connectivity index (χ1v) is 9.19. The summed E-state index contributed by atoms with van der Waals surface area (Å²) in [5.74, 6) is -4.06. The number of unbranched alkanes of at least 4 members (excludes halogenated alkanes) is 2. The van der Waals surface area contributed by atoms with Crippen LogP contribution in [0.1, 0.15) is 32.1 Å². The Labute approximate surface area is 176 Å². The number of hydroxylamine groups is 2. The van der Waals surface area contributed by atoms with Gasteiger partial charge in [-0.3, -0.25) is 28.6 Å². The molecule has 0 radical (unpaired) electrons. The van der Waals surface area contributed by atoms with Crippen LogP contribution in [0, 0.1) is 0 Å². The second-order valence-corrected chi connectivity index (χ2v) is 7.27. The summed E-state index contributed by atoms with van der Waals surface area (Å²) in [5, 5.41) is -1.92. The molecule has 2 heterocycles. The van der Waals surface area contributed by atoms with Gasteiger partial charge in [-0.1, -0.05) is 6.42 Å². The van der Waals surface area contributed by atoms with Crippen molar-refractivity contribution in [2.24, 2.45) is 0 Å². The third-order valence-electron chi connectivity index (χ3n) is 3.78. The molecular formula is C14H17N2NaO9S. The molecule has 2 aliphatic heterocycles. The van der Waals surface area contributed by atoms with Crippen LogP contribution in [-0.2, 0) is 38.9 Å². The number of imide groups is 2. The van der Waals surface area contributed by atoms with Gasteiger partial charge in [0, 0.05) is 25.1 Å². The molecule has 0 aromatic heterocycles. The molecule has 1 N–H and O–H groups in total. The van der Waals surface area contributed by atoms with Crippen LogP contribution in [0.4, 0.5) is 0 Å². The summed E-state index contributed by atoms with van der Waals surface area (Å²) < 4.78 is 30.8. The maximum atomic E-state index is 11.7. The number of nitrogens with zero attached hydrogens (tertiary/aromatic N) is 2. The van der Waals surface area contributed by atoms with E-state index in [0.717, 1.165) is 4.90 Å². The predicted octanol–water partition coefficient (Wildman–Crippen LogP) is -1.70. The van der Waals surface area contributed by atoms with Crippen molar-refractivity contribution < 1.29 is 41.8 Å². The number of carbonyl (C=O) groups excluding carboxylic acids is 5. The Morgan fingerprint density at radius 2 is 1.70 bits per heavy atom. The van der Waals surface area contributed by atoms with E-state index in [0.29, 0.717) is 19.3 Å². The standard InChI is InChI=1S/C14H16N2O9S.Na.H/c17-10-5-6-11(18)15(10)7-3-1-2-4-13(20)25-16-12(19)8-9(14(16)21)26(22,23)24;;/h5-6,9H,1-4,7-8H2,(H,22,23,24);;. The summed E-state index contributed by atoms with van der Waals surface area (Å²) in [6, 6.07) is 0. The van der Waals surface area contributed by atoms with Crippen molar-refractivity contribution >= 4 is 69.3 Å². The summed E-state index contributed by atoms with van der Waals surface area (Å²) in [6.45, 7) is 0.207. The molecule has 4 amide bonds. The molecule has 11 nitrogen and oxygen atoms in total. The van der Waals surface area contributed by atoms with E-state index < -0.39 is 51.4 Å². The average molecular weight is 412 g/mol. The number of hydrogen-bond donors (Lipinski definition) is 1. The van der Waals surface area contributed by atoms with Crippen molar-refractivity contribution in [3.05, 3.63) is 12.2 Å². The van der Waals surface area contributed by atoms with Crippen molar-refractivity contribution in [2.75, 3.05) is 6.54 Å². The van der Waals surface area contributed by atoms with Crippen LogP contribution in [-0.4, -0.2) is 93.9 Å². The molecular weight excluding hydrogens is 395 g/mol. The molecule has 2 rings (SSSR count). The zero-order valence-corrected chi connectivity index (χ0v) is 14.3. The van der Waals surface area contributed by atoms with E-state index in [1.807, 2.05) is 0 Å². The summed E-state index contributed by atoms with van der Waals surface area (Å²) in [5.41, 5.74) is 0. The van der Waals surface area contributed by atoms with E-state index in [2.05, 4.69) is 4.84 Å². The monoisotopic (exact) mass is 412 g/mol. The number of hydrogen-bond acceptors (Lipinski definition) is 8. The van der Waals surface area contributed by atoms with E-state index in [9.17, 15) is 32.4 Å². The van der Waals surface area contributed by atoms with Crippen molar-refractivity contribution in [3.63, 3.8) is 0 Å².